The van der Waals surface area contributed by atoms with Crippen LogP contribution in [0.1, 0.15) is 0 Å². The third-order valence-electron chi connectivity index (χ3n) is 2.58. The van der Waals surface area contributed by atoms with Gasteiger partial charge in [0.2, 0.25) is 5.91 Å². The zero-order valence-corrected chi connectivity index (χ0v) is 12.2. The molecule has 3 nitrogen and oxygen atoms in total. The smallest absolute Gasteiger partial charge is 0.243 e. The molecule has 2 N–H and O–H groups in total. The van der Waals surface area contributed by atoms with E-state index >= 15 is 0 Å². The second-order valence-corrected chi connectivity index (χ2v) is 4.98. The summed E-state index contributed by atoms with van der Waals surface area (Å²) in [6.07, 6.45) is 0. The van der Waals surface area contributed by atoms with Crippen LogP contribution in [0.4, 0.5) is 24.5 Å². The van der Waals surface area contributed by atoms with Gasteiger partial charge in [-0.15, -0.1) is 0 Å². The summed E-state index contributed by atoms with van der Waals surface area (Å²) >= 11 is 2.99. The van der Waals surface area contributed by atoms with E-state index in [0.717, 1.165) is 6.07 Å². The van der Waals surface area contributed by atoms with Crippen molar-refractivity contribution in [2.75, 3.05) is 17.2 Å². The molecular formula is C14H10BrF3N2O. The van der Waals surface area contributed by atoms with E-state index < -0.39 is 23.4 Å². The Hall–Kier alpha value is -2.02. The number of anilines is 2. The van der Waals surface area contributed by atoms with E-state index in [1.807, 2.05) is 0 Å². The number of rotatable bonds is 4. The normalized spacial score (nSPS) is 10.3. The molecule has 0 bridgehead atoms. The highest BCUT2D eigenvalue weighted by Crippen LogP contribution is 2.26. The molecule has 0 unspecified atom stereocenters. The maximum absolute atomic E-state index is 13.5. The Morgan fingerprint density at radius 1 is 1.10 bits per heavy atom. The molecule has 0 aromatic heterocycles. The SMILES string of the molecule is O=C(CNc1c(F)cc(F)cc1Br)Nc1ccccc1F. The summed E-state index contributed by atoms with van der Waals surface area (Å²) in [5, 5.41) is 4.87. The van der Waals surface area contributed by atoms with Gasteiger partial charge in [0.05, 0.1) is 17.9 Å². The van der Waals surface area contributed by atoms with Crippen molar-refractivity contribution in [3.05, 3.63) is 58.3 Å². The number of hydrogen-bond donors (Lipinski definition) is 2. The summed E-state index contributed by atoms with van der Waals surface area (Å²) in [4.78, 5) is 11.7. The van der Waals surface area contributed by atoms with Gasteiger partial charge in [0.25, 0.3) is 0 Å². The molecule has 2 aromatic carbocycles. The fraction of sp³-hybridized carbons (Fsp3) is 0.0714. The zero-order valence-electron chi connectivity index (χ0n) is 10.6. The van der Waals surface area contributed by atoms with Gasteiger partial charge in [-0.1, -0.05) is 12.1 Å². The lowest BCUT2D eigenvalue weighted by atomic mass is 10.3. The minimum absolute atomic E-state index is 0.0305. The summed E-state index contributed by atoms with van der Waals surface area (Å²) in [7, 11) is 0. The molecule has 0 heterocycles. The average Bonchev–Trinajstić information content (AvgIpc) is 2.40. The molecule has 1 amide bonds. The van der Waals surface area contributed by atoms with Crippen molar-refractivity contribution in [2.45, 2.75) is 0 Å². The number of para-hydroxylation sites is 1. The van der Waals surface area contributed by atoms with E-state index in [4.69, 9.17) is 0 Å². The lowest BCUT2D eigenvalue weighted by Gasteiger charge is -2.10. The molecule has 0 aliphatic carbocycles. The molecule has 7 heteroatoms. The molecule has 0 spiro atoms. The van der Waals surface area contributed by atoms with Gasteiger partial charge < -0.3 is 10.6 Å². The van der Waals surface area contributed by atoms with Gasteiger partial charge in [0.15, 0.2) is 0 Å². The van der Waals surface area contributed by atoms with Gasteiger partial charge in [-0.3, -0.25) is 4.79 Å². The minimum atomic E-state index is -0.833. The van der Waals surface area contributed by atoms with Crippen molar-refractivity contribution in [1.29, 1.82) is 0 Å². The molecule has 0 atom stereocenters. The van der Waals surface area contributed by atoms with Gasteiger partial charge in [0, 0.05) is 10.5 Å². The largest absolute Gasteiger partial charge is 0.373 e. The number of amides is 1. The van der Waals surface area contributed by atoms with Crippen molar-refractivity contribution < 1.29 is 18.0 Å². The first-order chi connectivity index (χ1) is 9.97. The number of benzene rings is 2. The first-order valence-corrected chi connectivity index (χ1v) is 6.69. The van der Waals surface area contributed by atoms with E-state index in [0.29, 0.717) is 6.07 Å². The number of nitrogens with one attached hydrogen (secondary N) is 2. The van der Waals surface area contributed by atoms with Crippen LogP contribution in [0.15, 0.2) is 40.9 Å². The Morgan fingerprint density at radius 3 is 2.48 bits per heavy atom. The van der Waals surface area contributed by atoms with Crippen LogP contribution in [0.3, 0.4) is 0 Å². The molecular weight excluding hydrogens is 349 g/mol. The zero-order chi connectivity index (χ0) is 15.4. The summed E-state index contributed by atoms with van der Waals surface area (Å²) in [5.41, 5.74) is -0.0111. The standard InChI is InChI=1S/C14H10BrF3N2O/c15-9-5-8(16)6-11(18)14(9)19-7-13(21)20-12-4-2-1-3-10(12)17/h1-6,19H,7H2,(H,20,21). The third-order valence-corrected chi connectivity index (χ3v) is 3.21. The van der Waals surface area contributed by atoms with Crippen LogP contribution in [0, 0.1) is 17.5 Å². The molecule has 0 radical (unpaired) electrons. The quantitative estimate of drug-likeness (QED) is 0.869. The van der Waals surface area contributed by atoms with Gasteiger partial charge in [-0.2, -0.15) is 0 Å². The molecule has 0 saturated heterocycles. The van der Waals surface area contributed by atoms with Gasteiger partial charge in [0.1, 0.15) is 17.5 Å². The highest BCUT2D eigenvalue weighted by molar-refractivity contribution is 9.10. The lowest BCUT2D eigenvalue weighted by Crippen LogP contribution is -2.22. The number of carbonyl (C=O) groups excluding carboxylic acids is 1. The van der Waals surface area contributed by atoms with E-state index in [1.165, 1.54) is 18.2 Å². The van der Waals surface area contributed by atoms with Crippen LogP contribution in [-0.4, -0.2) is 12.5 Å². The maximum Gasteiger partial charge on any atom is 0.243 e. The fourth-order valence-corrected chi connectivity index (χ4v) is 2.18. The Kier molecular flexibility index (Phi) is 4.85. The summed E-state index contributed by atoms with van der Waals surface area (Å²) in [6.45, 7) is -0.296. The van der Waals surface area contributed by atoms with Crippen molar-refractivity contribution in [3.63, 3.8) is 0 Å². The molecule has 21 heavy (non-hydrogen) atoms. The van der Waals surface area contributed by atoms with E-state index in [1.54, 1.807) is 6.07 Å². The van der Waals surface area contributed by atoms with Crippen LogP contribution in [0.25, 0.3) is 0 Å². The predicted molar refractivity (Wildman–Crippen MR) is 77.6 cm³/mol. The fourth-order valence-electron chi connectivity index (χ4n) is 1.64. The monoisotopic (exact) mass is 358 g/mol. The Labute approximate surface area is 127 Å². The molecule has 2 aromatic rings. The van der Waals surface area contributed by atoms with Crippen molar-refractivity contribution >= 4 is 33.2 Å². The second kappa shape index (κ2) is 6.62. The first kappa shape index (κ1) is 15.4. The Balaban J connectivity index is 2.01. The van der Waals surface area contributed by atoms with Gasteiger partial charge in [-0.25, -0.2) is 13.2 Å². The minimum Gasteiger partial charge on any atom is -0.373 e. The summed E-state index contributed by atoms with van der Waals surface area (Å²) in [6, 6.07) is 7.44. The highest BCUT2D eigenvalue weighted by Gasteiger charge is 2.11. The van der Waals surface area contributed by atoms with Crippen LogP contribution < -0.4 is 10.6 Å². The van der Waals surface area contributed by atoms with E-state index in [2.05, 4.69) is 26.6 Å². The Morgan fingerprint density at radius 2 is 1.81 bits per heavy atom. The van der Waals surface area contributed by atoms with E-state index in [-0.39, 0.29) is 22.4 Å². The van der Waals surface area contributed by atoms with Crippen LogP contribution in [-0.2, 0) is 4.79 Å². The van der Waals surface area contributed by atoms with Crippen LogP contribution in [0.5, 0.6) is 0 Å². The van der Waals surface area contributed by atoms with Gasteiger partial charge in [-0.05, 0) is 34.1 Å². The summed E-state index contributed by atoms with van der Waals surface area (Å²) < 4.78 is 39.9. The Bertz CT molecular complexity index is 656. The van der Waals surface area contributed by atoms with Crippen LogP contribution in [0.2, 0.25) is 0 Å². The number of carbonyl (C=O) groups is 1. The number of halogens is 4. The maximum atomic E-state index is 13.5. The topological polar surface area (TPSA) is 41.1 Å². The molecule has 0 aliphatic heterocycles. The lowest BCUT2D eigenvalue weighted by molar-refractivity contribution is -0.114. The van der Waals surface area contributed by atoms with Gasteiger partial charge >= 0.3 is 0 Å². The van der Waals surface area contributed by atoms with Crippen molar-refractivity contribution in [2.24, 2.45) is 0 Å². The van der Waals surface area contributed by atoms with Crippen LogP contribution >= 0.6 is 15.9 Å². The second-order valence-electron chi connectivity index (χ2n) is 4.13. The van der Waals surface area contributed by atoms with Crippen molar-refractivity contribution in [1.82, 2.24) is 0 Å². The predicted octanol–water partition coefficient (Wildman–Crippen LogP) is 3.92. The third kappa shape index (κ3) is 3.98. The molecule has 0 saturated carbocycles. The molecule has 0 aliphatic rings. The number of hydrogen-bond acceptors (Lipinski definition) is 2. The highest BCUT2D eigenvalue weighted by atomic mass is 79.9. The first-order valence-electron chi connectivity index (χ1n) is 5.90. The molecule has 0 fully saturated rings. The van der Waals surface area contributed by atoms with E-state index in [9.17, 15) is 18.0 Å². The molecule has 2 rings (SSSR count). The average molecular weight is 359 g/mol. The summed E-state index contributed by atoms with van der Waals surface area (Å²) in [5.74, 6) is -2.70. The van der Waals surface area contributed by atoms with Crippen molar-refractivity contribution in [3.8, 4) is 0 Å². The molecule has 110 valence electrons.